The maximum atomic E-state index is 11.6. The highest BCUT2D eigenvalue weighted by Gasteiger charge is 2.04. The lowest BCUT2D eigenvalue weighted by Gasteiger charge is -2.05. The van der Waals surface area contributed by atoms with Gasteiger partial charge in [0.2, 0.25) is 11.8 Å². The zero-order valence-corrected chi connectivity index (χ0v) is 10.7. The van der Waals surface area contributed by atoms with Gasteiger partial charge in [0.25, 0.3) is 0 Å². The lowest BCUT2D eigenvalue weighted by atomic mass is 10.3. The molecular formula is C13H16N4O2. The number of hydrogen-bond donors (Lipinski definition) is 2. The standard InChI is InChI=1S/C13H16N4O2/c1-10-15-13(19-17-10)7-8-14-9-12(18)16-11-5-3-2-4-6-11/h2-6,14H,7-9H2,1H3,(H,16,18). The molecule has 0 saturated heterocycles. The average molecular weight is 260 g/mol. The monoisotopic (exact) mass is 260 g/mol. The first kappa shape index (κ1) is 13.2. The number of anilines is 1. The summed E-state index contributed by atoms with van der Waals surface area (Å²) in [6.07, 6.45) is 0.611. The average Bonchev–Trinajstić information content (AvgIpc) is 2.82. The number of hydrogen-bond acceptors (Lipinski definition) is 5. The Morgan fingerprint density at radius 2 is 2.11 bits per heavy atom. The summed E-state index contributed by atoms with van der Waals surface area (Å²) in [6, 6.07) is 9.35. The number of nitrogens with zero attached hydrogens (tertiary/aromatic N) is 2. The maximum Gasteiger partial charge on any atom is 0.238 e. The van der Waals surface area contributed by atoms with Crippen LogP contribution in [-0.4, -0.2) is 29.1 Å². The molecule has 0 aliphatic heterocycles. The summed E-state index contributed by atoms with van der Waals surface area (Å²) in [5, 5.41) is 9.51. The zero-order chi connectivity index (χ0) is 13.5. The summed E-state index contributed by atoms with van der Waals surface area (Å²) in [5.74, 6) is 1.12. The van der Waals surface area contributed by atoms with Crippen molar-refractivity contribution < 1.29 is 9.32 Å². The second kappa shape index (κ2) is 6.65. The molecule has 1 aromatic heterocycles. The van der Waals surface area contributed by atoms with E-state index in [1.54, 1.807) is 6.92 Å². The van der Waals surface area contributed by atoms with Crippen LogP contribution in [0.5, 0.6) is 0 Å². The highest BCUT2D eigenvalue weighted by atomic mass is 16.5. The van der Waals surface area contributed by atoms with Gasteiger partial charge < -0.3 is 15.2 Å². The number of rotatable bonds is 6. The second-order valence-electron chi connectivity index (χ2n) is 4.08. The Bertz CT molecular complexity index is 524. The first-order valence-corrected chi connectivity index (χ1v) is 6.09. The highest BCUT2D eigenvalue weighted by Crippen LogP contribution is 2.03. The summed E-state index contributed by atoms with van der Waals surface area (Å²) >= 11 is 0. The molecule has 2 aromatic rings. The molecule has 0 bridgehead atoms. The maximum absolute atomic E-state index is 11.6. The topological polar surface area (TPSA) is 80.0 Å². The normalized spacial score (nSPS) is 10.4. The van der Waals surface area contributed by atoms with E-state index in [-0.39, 0.29) is 12.5 Å². The van der Waals surface area contributed by atoms with Crippen LogP contribution in [0.3, 0.4) is 0 Å². The van der Waals surface area contributed by atoms with Crippen molar-refractivity contribution in [3.05, 3.63) is 42.0 Å². The summed E-state index contributed by atoms with van der Waals surface area (Å²) in [7, 11) is 0. The van der Waals surface area contributed by atoms with E-state index in [0.717, 1.165) is 5.69 Å². The molecule has 2 rings (SSSR count). The smallest absolute Gasteiger partial charge is 0.238 e. The number of carbonyl (C=O) groups excluding carboxylic acids is 1. The Hall–Kier alpha value is -2.21. The summed E-state index contributed by atoms with van der Waals surface area (Å²) in [4.78, 5) is 15.7. The summed E-state index contributed by atoms with van der Waals surface area (Å²) < 4.78 is 4.97. The van der Waals surface area contributed by atoms with Gasteiger partial charge in [0.05, 0.1) is 6.54 Å². The van der Waals surface area contributed by atoms with Gasteiger partial charge in [-0.25, -0.2) is 0 Å². The Balaban J connectivity index is 1.64. The van der Waals surface area contributed by atoms with Crippen molar-refractivity contribution >= 4 is 11.6 Å². The predicted octanol–water partition coefficient (Wildman–Crippen LogP) is 1.15. The van der Waals surface area contributed by atoms with Gasteiger partial charge in [0.15, 0.2) is 5.82 Å². The number of aryl methyl sites for hydroxylation is 1. The van der Waals surface area contributed by atoms with Crippen molar-refractivity contribution in [1.29, 1.82) is 0 Å². The Morgan fingerprint density at radius 1 is 1.32 bits per heavy atom. The van der Waals surface area contributed by atoms with Crippen LogP contribution in [0.15, 0.2) is 34.9 Å². The molecule has 0 fully saturated rings. The van der Waals surface area contributed by atoms with Crippen LogP contribution >= 0.6 is 0 Å². The van der Waals surface area contributed by atoms with Crippen molar-refractivity contribution in [3.8, 4) is 0 Å². The van der Waals surface area contributed by atoms with Gasteiger partial charge in [-0.2, -0.15) is 4.98 Å². The van der Waals surface area contributed by atoms with Crippen molar-refractivity contribution in [2.75, 3.05) is 18.4 Å². The molecule has 0 spiro atoms. The molecule has 1 aromatic carbocycles. The fourth-order valence-corrected chi connectivity index (χ4v) is 1.57. The Kier molecular flexibility index (Phi) is 4.63. The summed E-state index contributed by atoms with van der Waals surface area (Å²) in [5.41, 5.74) is 0.793. The van der Waals surface area contributed by atoms with E-state index in [9.17, 15) is 4.79 Å². The lowest BCUT2D eigenvalue weighted by Crippen LogP contribution is -2.29. The fraction of sp³-hybridized carbons (Fsp3) is 0.308. The van der Waals surface area contributed by atoms with E-state index in [1.165, 1.54) is 0 Å². The molecule has 0 radical (unpaired) electrons. The van der Waals surface area contributed by atoms with Gasteiger partial charge >= 0.3 is 0 Å². The molecule has 0 atom stereocenters. The van der Waals surface area contributed by atoms with Crippen molar-refractivity contribution in [2.45, 2.75) is 13.3 Å². The first-order valence-electron chi connectivity index (χ1n) is 6.09. The van der Waals surface area contributed by atoms with E-state index in [4.69, 9.17) is 4.52 Å². The van der Waals surface area contributed by atoms with Crippen LogP contribution in [0.25, 0.3) is 0 Å². The van der Waals surface area contributed by atoms with Gasteiger partial charge in [-0.3, -0.25) is 4.79 Å². The molecule has 6 heteroatoms. The molecule has 0 aliphatic rings. The van der Waals surface area contributed by atoms with Crippen molar-refractivity contribution in [2.24, 2.45) is 0 Å². The SMILES string of the molecule is Cc1noc(CCNCC(=O)Nc2ccccc2)n1. The van der Waals surface area contributed by atoms with E-state index in [1.807, 2.05) is 30.3 Å². The largest absolute Gasteiger partial charge is 0.339 e. The van der Waals surface area contributed by atoms with Crippen LogP contribution in [0.1, 0.15) is 11.7 Å². The van der Waals surface area contributed by atoms with Crippen LogP contribution < -0.4 is 10.6 Å². The third kappa shape index (κ3) is 4.51. The van der Waals surface area contributed by atoms with E-state index >= 15 is 0 Å². The third-order valence-corrected chi connectivity index (χ3v) is 2.43. The summed E-state index contributed by atoms with van der Waals surface area (Å²) in [6.45, 7) is 2.64. The molecule has 100 valence electrons. The minimum atomic E-state index is -0.0760. The lowest BCUT2D eigenvalue weighted by molar-refractivity contribution is -0.115. The van der Waals surface area contributed by atoms with Gasteiger partial charge in [-0.15, -0.1) is 0 Å². The fourth-order valence-electron chi connectivity index (χ4n) is 1.57. The number of carbonyl (C=O) groups is 1. The van der Waals surface area contributed by atoms with Gasteiger partial charge in [0, 0.05) is 18.7 Å². The number of benzene rings is 1. The van der Waals surface area contributed by atoms with E-state index < -0.39 is 0 Å². The third-order valence-electron chi connectivity index (χ3n) is 2.43. The highest BCUT2D eigenvalue weighted by molar-refractivity contribution is 5.92. The quantitative estimate of drug-likeness (QED) is 0.761. The Morgan fingerprint density at radius 3 is 2.79 bits per heavy atom. The first-order chi connectivity index (χ1) is 9.24. The number of amides is 1. The molecule has 1 heterocycles. The van der Waals surface area contributed by atoms with Gasteiger partial charge in [-0.1, -0.05) is 23.4 Å². The molecule has 19 heavy (non-hydrogen) atoms. The van der Waals surface area contributed by atoms with Crippen molar-refractivity contribution in [3.63, 3.8) is 0 Å². The van der Waals surface area contributed by atoms with Crippen LogP contribution in [0, 0.1) is 6.92 Å². The minimum Gasteiger partial charge on any atom is -0.339 e. The molecule has 2 N–H and O–H groups in total. The van der Waals surface area contributed by atoms with Crippen LogP contribution in [0.4, 0.5) is 5.69 Å². The predicted molar refractivity (Wildman–Crippen MR) is 70.7 cm³/mol. The molecule has 0 saturated carbocycles. The number of nitrogens with one attached hydrogen (secondary N) is 2. The van der Waals surface area contributed by atoms with E-state index in [0.29, 0.717) is 24.7 Å². The van der Waals surface area contributed by atoms with Crippen LogP contribution in [0.2, 0.25) is 0 Å². The molecule has 0 unspecified atom stereocenters. The van der Waals surface area contributed by atoms with Gasteiger partial charge in [-0.05, 0) is 19.1 Å². The molecular weight excluding hydrogens is 244 g/mol. The minimum absolute atomic E-state index is 0.0760. The zero-order valence-electron chi connectivity index (χ0n) is 10.7. The Labute approximate surface area is 111 Å². The van der Waals surface area contributed by atoms with E-state index in [2.05, 4.69) is 20.8 Å². The van der Waals surface area contributed by atoms with Crippen molar-refractivity contribution in [1.82, 2.24) is 15.5 Å². The molecule has 6 nitrogen and oxygen atoms in total. The molecule has 0 aliphatic carbocycles. The van der Waals surface area contributed by atoms with Gasteiger partial charge in [0.1, 0.15) is 0 Å². The molecule has 1 amide bonds. The van der Waals surface area contributed by atoms with Crippen LogP contribution in [-0.2, 0) is 11.2 Å². The number of para-hydroxylation sites is 1. The second-order valence-corrected chi connectivity index (χ2v) is 4.08. The number of aromatic nitrogens is 2.